The number of aromatic nitrogens is 1. The van der Waals surface area contributed by atoms with Gasteiger partial charge in [0.25, 0.3) is 5.91 Å². The summed E-state index contributed by atoms with van der Waals surface area (Å²) in [7, 11) is 0. The first-order valence-electron chi connectivity index (χ1n) is 7.00. The molecule has 0 spiro atoms. The molecule has 1 amide bonds. The second-order valence-corrected chi connectivity index (χ2v) is 5.88. The summed E-state index contributed by atoms with van der Waals surface area (Å²) in [5.74, 6) is -0.557. The van der Waals surface area contributed by atoms with Crippen molar-refractivity contribution in [2.24, 2.45) is 0 Å². The van der Waals surface area contributed by atoms with Crippen molar-refractivity contribution in [3.05, 3.63) is 72.4 Å². The van der Waals surface area contributed by atoms with Gasteiger partial charge in [-0.3, -0.25) is 10.0 Å². The van der Waals surface area contributed by atoms with Gasteiger partial charge in [0.05, 0.1) is 0 Å². The molecule has 0 saturated carbocycles. The van der Waals surface area contributed by atoms with Gasteiger partial charge in [0.2, 0.25) is 0 Å². The van der Waals surface area contributed by atoms with E-state index in [1.165, 1.54) is 6.08 Å². The molecule has 1 heterocycles. The van der Waals surface area contributed by atoms with Crippen molar-refractivity contribution >= 4 is 34.5 Å². The fourth-order valence-electron chi connectivity index (χ4n) is 2.18. The van der Waals surface area contributed by atoms with E-state index in [0.717, 1.165) is 26.3 Å². The molecule has 0 aliphatic heterocycles. The molecule has 0 fully saturated rings. The zero-order chi connectivity index (χ0) is 16.1. The van der Waals surface area contributed by atoms with Gasteiger partial charge in [-0.2, -0.15) is 0 Å². The molecule has 1 aromatic heterocycles. The predicted octanol–water partition coefficient (Wildman–Crippen LogP) is 3.90. The van der Waals surface area contributed by atoms with Crippen LogP contribution in [0.3, 0.4) is 0 Å². The fraction of sp³-hybridized carbons (Fsp3) is 0. The Labute approximate surface area is 137 Å². The third-order valence-electron chi connectivity index (χ3n) is 3.25. The van der Waals surface area contributed by atoms with Gasteiger partial charge in [0.15, 0.2) is 0 Å². The monoisotopic (exact) mass is 322 g/mol. The first-order valence-corrected chi connectivity index (χ1v) is 7.82. The van der Waals surface area contributed by atoms with Crippen molar-refractivity contribution in [2.75, 3.05) is 0 Å². The number of hydrogen-bond donors (Lipinski definition) is 2. The van der Waals surface area contributed by atoms with Gasteiger partial charge < -0.3 is 0 Å². The molecule has 0 aliphatic rings. The maximum absolute atomic E-state index is 11.0. The molecule has 0 saturated heterocycles. The van der Waals surface area contributed by atoms with Gasteiger partial charge in [0.1, 0.15) is 5.03 Å². The second-order valence-electron chi connectivity index (χ2n) is 4.82. The van der Waals surface area contributed by atoms with Crippen molar-refractivity contribution in [1.82, 2.24) is 10.5 Å². The number of pyridine rings is 1. The lowest BCUT2D eigenvalue weighted by molar-refractivity contribution is -0.124. The number of benzene rings is 2. The molecule has 0 bridgehead atoms. The number of rotatable bonds is 4. The van der Waals surface area contributed by atoms with Crippen LogP contribution in [0.15, 0.2) is 76.8 Å². The Bertz CT molecular complexity index is 872. The Morgan fingerprint density at radius 2 is 2.00 bits per heavy atom. The number of hydroxylamine groups is 1. The summed E-state index contributed by atoms with van der Waals surface area (Å²) in [6.45, 7) is 0. The summed E-state index contributed by atoms with van der Waals surface area (Å²) in [5, 5.41) is 11.7. The zero-order valence-corrected chi connectivity index (χ0v) is 13.0. The number of nitrogens with one attached hydrogen (secondary N) is 1. The van der Waals surface area contributed by atoms with Crippen LogP contribution < -0.4 is 5.48 Å². The lowest BCUT2D eigenvalue weighted by atomic mass is 10.2. The molecule has 0 aliphatic carbocycles. The van der Waals surface area contributed by atoms with Crippen molar-refractivity contribution < 1.29 is 10.0 Å². The highest BCUT2D eigenvalue weighted by Gasteiger charge is 2.04. The third kappa shape index (κ3) is 3.77. The highest BCUT2D eigenvalue weighted by Crippen LogP contribution is 2.32. The Morgan fingerprint density at radius 1 is 1.13 bits per heavy atom. The maximum Gasteiger partial charge on any atom is 0.267 e. The van der Waals surface area contributed by atoms with Gasteiger partial charge in [-0.15, -0.1) is 0 Å². The Hall–Kier alpha value is -2.63. The van der Waals surface area contributed by atoms with Crippen LogP contribution in [0.5, 0.6) is 0 Å². The summed E-state index contributed by atoms with van der Waals surface area (Å²) >= 11 is 1.58. The molecule has 0 unspecified atom stereocenters. The van der Waals surface area contributed by atoms with E-state index in [2.05, 4.69) is 17.1 Å². The minimum absolute atomic E-state index is 0.557. The largest absolute Gasteiger partial charge is 0.288 e. The Morgan fingerprint density at radius 3 is 2.87 bits per heavy atom. The summed E-state index contributed by atoms with van der Waals surface area (Å²) in [6, 6.07) is 17.9. The van der Waals surface area contributed by atoms with Gasteiger partial charge in [0, 0.05) is 22.6 Å². The van der Waals surface area contributed by atoms with E-state index in [-0.39, 0.29) is 0 Å². The lowest BCUT2D eigenvalue weighted by Gasteiger charge is -2.06. The molecule has 3 rings (SSSR count). The molecular weight excluding hydrogens is 308 g/mol. The van der Waals surface area contributed by atoms with Gasteiger partial charge in [-0.25, -0.2) is 10.5 Å². The SMILES string of the molecule is O=C(/C=C/c1cccc(Sc2nccc3ccccc23)c1)NO. The highest BCUT2D eigenvalue weighted by molar-refractivity contribution is 7.99. The normalized spacial score (nSPS) is 11.0. The van der Waals surface area contributed by atoms with E-state index in [1.807, 2.05) is 42.5 Å². The maximum atomic E-state index is 11.0. The van der Waals surface area contributed by atoms with E-state index < -0.39 is 5.91 Å². The average Bonchev–Trinajstić information content (AvgIpc) is 2.60. The quantitative estimate of drug-likeness (QED) is 0.434. The third-order valence-corrected chi connectivity index (χ3v) is 4.26. The van der Waals surface area contributed by atoms with Crippen LogP contribution in [0.25, 0.3) is 16.8 Å². The average molecular weight is 322 g/mol. The van der Waals surface area contributed by atoms with Crippen LogP contribution in [0.2, 0.25) is 0 Å². The summed E-state index contributed by atoms with van der Waals surface area (Å²) in [6.07, 6.45) is 4.73. The highest BCUT2D eigenvalue weighted by atomic mass is 32.2. The second kappa shape index (κ2) is 7.09. The van der Waals surface area contributed by atoms with Gasteiger partial charge in [-0.05, 0) is 35.2 Å². The molecule has 0 radical (unpaired) electrons. The van der Waals surface area contributed by atoms with E-state index in [1.54, 1.807) is 29.5 Å². The van der Waals surface area contributed by atoms with Gasteiger partial charge >= 0.3 is 0 Å². The van der Waals surface area contributed by atoms with E-state index >= 15 is 0 Å². The van der Waals surface area contributed by atoms with Crippen LogP contribution in [0.4, 0.5) is 0 Å². The number of amides is 1. The zero-order valence-electron chi connectivity index (χ0n) is 12.1. The molecule has 0 atom stereocenters. The van der Waals surface area contributed by atoms with Crippen molar-refractivity contribution in [3.63, 3.8) is 0 Å². The molecule has 114 valence electrons. The van der Waals surface area contributed by atoms with Crippen LogP contribution in [-0.4, -0.2) is 16.1 Å². The molecule has 23 heavy (non-hydrogen) atoms. The Kier molecular flexibility index (Phi) is 4.71. The molecule has 3 aromatic rings. The van der Waals surface area contributed by atoms with Crippen LogP contribution in [0, 0.1) is 0 Å². The first-order chi connectivity index (χ1) is 11.3. The number of carbonyl (C=O) groups is 1. The summed E-state index contributed by atoms with van der Waals surface area (Å²) < 4.78 is 0. The minimum atomic E-state index is -0.557. The van der Waals surface area contributed by atoms with Crippen molar-refractivity contribution in [3.8, 4) is 0 Å². The van der Waals surface area contributed by atoms with E-state index in [0.29, 0.717) is 0 Å². The smallest absolute Gasteiger partial charge is 0.267 e. The van der Waals surface area contributed by atoms with Crippen LogP contribution in [-0.2, 0) is 4.79 Å². The summed E-state index contributed by atoms with van der Waals surface area (Å²) in [5.41, 5.74) is 2.44. The standard InChI is InChI=1S/C18H14N2O2S/c21-17(20-22)9-8-13-4-3-6-15(12-13)23-18-16-7-2-1-5-14(16)10-11-19-18/h1-12,22H,(H,20,21)/b9-8+. The topological polar surface area (TPSA) is 62.2 Å². The van der Waals surface area contributed by atoms with Crippen molar-refractivity contribution in [1.29, 1.82) is 0 Å². The van der Waals surface area contributed by atoms with Crippen LogP contribution >= 0.6 is 11.8 Å². The predicted molar refractivity (Wildman–Crippen MR) is 91.3 cm³/mol. The van der Waals surface area contributed by atoms with Crippen LogP contribution in [0.1, 0.15) is 5.56 Å². The number of nitrogens with zero attached hydrogens (tertiary/aromatic N) is 1. The first kappa shape index (κ1) is 15.3. The fourth-order valence-corrected chi connectivity index (χ4v) is 3.15. The lowest BCUT2D eigenvalue weighted by Crippen LogP contribution is -2.14. The molecule has 4 nitrogen and oxygen atoms in total. The van der Waals surface area contributed by atoms with E-state index in [4.69, 9.17) is 5.21 Å². The van der Waals surface area contributed by atoms with Gasteiger partial charge in [-0.1, -0.05) is 48.2 Å². The molecule has 2 aromatic carbocycles. The molecule has 5 heteroatoms. The molecule has 2 N–H and O–H groups in total. The van der Waals surface area contributed by atoms with Crippen molar-refractivity contribution in [2.45, 2.75) is 9.92 Å². The summed E-state index contributed by atoms with van der Waals surface area (Å²) in [4.78, 5) is 16.5. The van der Waals surface area contributed by atoms with E-state index in [9.17, 15) is 4.79 Å². The Balaban J connectivity index is 1.88. The minimum Gasteiger partial charge on any atom is -0.288 e. The number of fused-ring (bicyclic) bond motifs is 1. The number of hydrogen-bond acceptors (Lipinski definition) is 4. The molecular formula is C18H14N2O2S. The number of carbonyl (C=O) groups excluding carboxylic acids is 1.